The number of carbonyl (C=O) groups excluding carboxylic acids is 2. The lowest BCUT2D eigenvalue weighted by molar-refractivity contribution is 0.0950. The van der Waals surface area contributed by atoms with E-state index in [1.54, 1.807) is 41.7 Å². The number of morpholine rings is 1. The molecule has 0 saturated carbocycles. The third-order valence-corrected chi connectivity index (χ3v) is 6.44. The number of ether oxygens (including phenoxy) is 1. The summed E-state index contributed by atoms with van der Waals surface area (Å²) in [6.45, 7) is 3.58. The number of benzene rings is 2. The van der Waals surface area contributed by atoms with Crippen molar-refractivity contribution in [3.8, 4) is 0 Å². The summed E-state index contributed by atoms with van der Waals surface area (Å²) in [5, 5.41) is 15.6. The summed E-state index contributed by atoms with van der Waals surface area (Å²) in [6, 6.07) is 16.7. The molecule has 4 aromatic rings. The molecule has 0 bridgehead atoms. The number of nitrogens with one attached hydrogen (secondary N) is 3. The van der Waals surface area contributed by atoms with E-state index in [0.29, 0.717) is 42.1 Å². The Labute approximate surface area is 194 Å². The monoisotopic (exact) mass is 461 g/mol. The van der Waals surface area contributed by atoms with Gasteiger partial charge in [-0.3, -0.25) is 14.7 Å². The van der Waals surface area contributed by atoms with Gasteiger partial charge in [0, 0.05) is 40.2 Å². The topological polar surface area (TPSA) is 99.3 Å². The van der Waals surface area contributed by atoms with E-state index in [4.69, 9.17) is 4.74 Å². The molecular formula is C24H23N5O3S. The molecule has 0 atom stereocenters. The van der Waals surface area contributed by atoms with Crippen molar-refractivity contribution in [3.63, 3.8) is 0 Å². The minimum Gasteiger partial charge on any atom is -0.378 e. The molecule has 0 unspecified atom stereocenters. The zero-order valence-electron chi connectivity index (χ0n) is 17.8. The van der Waals surface area contributed by atoms with Gasteiger partial charge in [0.2, 0.25) is 0 Å². The number of hydrogen-bond acceptors (Lipinski definition) is 6. The molecular weight excluding hydrogens is 438 g/mol. The van der Waals surface area contributed by atoms with E-state index in [1.165, 1.54) is 0 Å². The maximum absolute atomic E-state index is 12.8. The van der Waals surface area contributed by atoms with Crippen molar-refractivity contribution < 1.29 is 14.3 Å². The Kier molecular flexibility index (Phi) is 6.05. The number of fused-ring (bicyclic) bond motifs is 1. The second-order valence-corrected chi connectivity index (χ2v) is 8.73. The van der Waals surface area contributed by atoms with Crippen LogP contribution in [0.25, 0.3) is 10.9 Å². The summed E-state index contributed by atoms with van der Waals surface area (Å²) in [5.41, 5.74) is 2.85. The first-order chi connectivity index (χ1) is 16.2. The number of aromatic amines is 1. The molecule has 2 amide bonds. The summed E-state index contributed by atoms with van der Waals surface area (Å²) < 4.78 is 5.39. The minimum atomic E-state index is -0.260. The highest BCUT2D eigenvalue weighted by Crippen LogP contribution is 2.23. The molecule has 8 nitrogen and oxygen atoms in total. The Morgan fingerprint density at radius 2 is 1.82 bits per heavy atom. The molecule has 1 aliphatic heterocycles. The van der Waals surface area contributed by atoms with Crippen molar-refractivity contribution in [3.05, 3.63) is 76.0 Å². The number of aromatic nitrogens is 2. The summed E-state index contributed by atoms with van der Waals surface area (Å²) >= 11 is 1.59. The first-order valence-electron chi connectivity index (χ1n) is 10.7. The Hall–Kier alpha value is -3.69. The Bertz CT molecular complexity index is 1260. The van der Waals surface area contributed by atoms with Gasteiger partial charge in [0.05, 0.1) is 25.3 Å². The zero-order chi connectivity index (χ0) is 22.6. The average Bonchev–Trinajstić information content (AvgIpc) is 3.53. The van der Waals surface area contributed by atoms with Gasteiger partial charge in [0.25, 0.3) is 11.8 Å². The fourth-order valence-corrected chi connectivity index (χ4v) is 4.40. The number of thiophene rings is 1. The van der Waals surface area contributed by atoms with Gasteiger partial charge in [-0.25, -0.2) is 0 Å². The number of carbonyl (C=O) groups is 2. The van der Waals surface area contributed by atoms with Crippen LogP contribution >= 0.6 is 11.3 Å². The molecule has 1 fully saturated rings. The van der Waals surface area contributed by atoms with Crippen LogP contribution in [0.4, 0.5) is 11.5 Å². The quantitative estimate of drug-likeness (QED) is 0.407. The van der Waals surface area contributed by atoms with Crippen LogP contribution in [0.2, 0.25) is 0 Å². The number of amides is 2. The second-order valence-electron chi connectivity index (χ2n) is 7.70. The van der Waals surface area contributed by atoms with Crippen LogP contribution in [-0.2, 0) is 11.3 Å². The van der Waals surface area contributed by atoms with Crippen LogP contribution in [-0.4, -0.2) is 48.3 Å². The van der Waals surface area contributed by atoms with Crippen LogP contribution in [0, 0.1) is 0 Å². The number of anilines is 2. The van der Waals surface area contributed by atoms with E-state index in [2.05, 4.69) is 25.7 Å². The van der Waals surface area contributed by atoms with Crippen molar-refractivity contribution in [1.82, 2.24) is 15.5 Å². The molecule has 33 heavy (non-hydrogen) atoms. The van der Waals surface area contributed by atoms with E-state index < -0.39 is 0 Å². The molecule has 2 aromatic heterocycles. The van der Waals surface area contributed by atoms with Gasteiger partial charge >= 0.3 is 0 Å². The number of nitrogens with zero attached hydrogens (tertiary/aromatic N) is 2. The average molecular weight is 462 g/mol. The lowest BCUT2D eigenvalue weighted by atomic mass is 10.1. The summed E-state index contributed by atoms with van der Waals surface area (Å²) in [5.74, 6) is -0.0490. The van der Waals surface area contributed by atoms with E-state index in [0.717, 1.165) is 29.2 Å². The summed E-state index contributed by atoms with van der Waals surface area (Å²) in [6.07, 6.45) is 0. The van der Waals surface area contributed by atoms with Gasteiger partial charge < -0.3 is 20.3 Å². The zero-order valence-corrected chi connectivity index (χ0v) is 18.7. The molecule has 3 N–H and O–H groups in total. The molecule has 5 rings (SSSR count). The standard InChI is InChI=1S/C24H23N5O3S/c30-23(25-15-19-2-1-13-33-19)17-5-8-21-20(14-17)22(28-27-21)26-24(31)16-3-6-18(7-4-16)29-9-11-32-12-10-29/h1-8,13-14H,9-12,15H2,(H,25,30)(H2,26,27,28,31). The highest BCUT2D eigenvalue weighted by molar-refractivity contribution is 7.09. The van der Waals surface area contributed by atoms with Crippen molar-refractivity contribution in [2.75, 3.05) is 36.5 Å². The molecule has 2 aromatic carbocycles. The molecule has 9 heteroatoms. The van der Waals surface area contributed by atoms with E-state index in [-0.39, 0.29) is 11.8 Å². The van der Waals surface area contributed by atoms with Crippen LogP contribution in [0.3, 0.4) is 0 Å². The molecule has 3 heterocycles. The minimum absolute atomic E-state index is 0.178. The van der Waals surface area contributed by atoms with Crippen LogP contribution in [0.1, 0.15) is 25.6 Å². The molecule has 0 aliphatic carbocycles. The van der Waals surface area contributed by atoms with Gasteiger partial charge in [-0.1, -0.05) is 6.07 Å². The number of hydrogen-bond donors (Lipinski definition) is 3. The molecule has 168 valence electrons. The fourth-order valence-electron chi connectivity index (χ4n) is 3.76. The smallest absolute Gasteiger partial charge is 0.256 e. The Morgan fingerprint density at radius 1 is 1.03 bits per heavy atom. The first kappa shape index (κ1) is 21.2. The number of rotatable bonds is 6. The third kappa shape index (κ3) is 4.74. The Morgan fingerprint density at radius 3 is 2.58 bits per heavy atom. The summed E-state index contributed by atoms with van der Waals surface area (Å²) in [4.78, 5) is 28.7. The SMILES string of the molecule is O=C(NCc1cccs1)c1ccc2[nH]nc(NC(=O)c3ccc(N4CCOCC4)cc3)c2c1. The second kappa shape index (κ2) is 9.43. The van der Waals surface area contributed by atoms with E-state index in [1.807, 2.05) is 29.6 Å². The maximum Gasteiger partial charge on any atom is 0.256 e. The van der Waals surface area contributed by atoms with Crippen LogP contribution < -0.4 is 15.5 Å². The predicted molar refractivity (Wildman–Crippen MR) is 129 cm³/mol. The Balaban J connectivity index is 1.28. The van der Waals surface area contributed by atoms with E-state index in [9.17, 15) is 9.59 Å². The number of H-pyrrole nitrogens is 1. The third-order valence-electron chi connectivity index (χ3n) is 5.57. The van der Waals surface area contributed by atoms with Crippen molar-refractivity contribution in [2.45, 2.75) is 6.54 Å². The largest absolute Gasteiger partial charge is 0.378 e. The lowest BCUT2D eigenvalue weighted by Crippen LogP contribution is -2.36. The fraction of sp³-hybridized carbons (Fsp3) is 0.208. The predicted octanol–water partition coefficient (Wildman–Crippen LogP) is 3.64. The van der Waals surface area contributed by atoms with Gasteiger partial charge in [-0.15, -0.1) is 11.3 Å². The van der Waals surface area contributed by atoms with Crippen molar-refractivity contribution >= 4 is 45.6 Å². The van der Waals surface area contributed by atoms with Crippen molar-refractivity contribution in [1.29, 1.82) is 0 Å². The molecule has 0 radical (unpaired) electrons. The van der Waals surface area contributed by atoms with Gasteiger partial charge in [0.15, 0.2) is 5.82 Å². The maximum atomic E-state index is 12.8. The van der Waals surface area contributed by atoms with Crippen molar-refractivity contribution in [2.24, 2.45) is 0 Å². The lowest BCUT2D eigenvalue weighted by Gasteiger charge is -2.28. The van der Waals surface area contributed by atoms with Gasteiger partial charge in [-0.05, 0) is 53.9 Å². The molecule has 1 saturated heterocycles. The summed E-state index contributed by atoms with van der Waals surface area (Å²) in [7, 11) is 0. The van der Waals surface area contributed by atoms with Gasteiger partial charge in [-0.2, -0.15) is 5.10 Å². The normalized spacial score (nSPS) is 13.8. The highest BCUT2D eigenvalue weighted by atomic mass is 32.1. The van der Waals surface area contributed by atoms with E-state index >= 15 is 0 Å². The van der Waals surface area contributed by atoms with Gasteiger partial charge in [0.1, 0.15) is 0 Å². The van der Waals surface area contributed by atoms with Crippen LogP contribution in [0.5, 0.6) is 0 Å². The van der Waals surface area contributed by atoms with Crippen LogP contribution in [0.15, 0.2) is 60.0 Å². The molecule has 0 spiro atoms. The highest BCUT2D eigenvalue weighted by Gasteiger charge is 2.15. The first-order valence-corrected chi connectivity index (χ1v) is 11.6. The molecule has 1 aliphatic rings.